The molecule has 4 heteroatoms. The molecule has 0 heterocycles. The van der Waals surface area contributed by atoms with Crippen molar-refractivity contribution in [1.29, 1.82) is 0 Å². The Bertz CT molecular complexity index is 245. The summed E-state index contributed by atoms with van der Waals surface area (Å²) in [4.78, 5) is 0. The van der Waals surface area contributed by atoms with Crippen LogP contribution in [-0.4, -0.2) is 6.61 Å². The first-order chi connectivity index (χ1) is 6.84. The van der Waals surface area contributed by atoms with Crippen molar-refractivity contribution in [2.24, 2.45) is 0 Å². The molecule has 1 aromatic carbocycles. The molecule has 1 rings (SSSR count). The van der Waals surface area contributed by atoms with E-state index in [0.717, 1.165) is 12.8 Å². The van der Waals surface area contributed by atoms with Gasteiger partial charge in [-0.2, -0.15) is 12.1 Å². The number of hydrogen-bond acceptors (Lipinski definition) is 1. The van der Waals surface area contributed by atoms with E-state index >= 15 is 0 Å². The summed E-state index contributed by atoms with van der Waals surface area (Å²) in [5, 5.41) is 0. The SMILES string of the molecule is CCCCOc1c[c-]ccc1F.[Zn+][Br]. The van der Waals surface area contributed by atoms with Crippen molar-refractivity contribution in [1.82, 2.24) is 0 Å². The summed E-state index contributed by atoms with van der Waals surface area (Å²) in [6, 6.07) is 7.16. The minimum absolute atomic E-state index is 0.297. The number of rotatable bonds is 4. The minimum atomic E-state index is -0.315. The second-order valence-electron chi connectivity index (χ2n) is 2.56. The van der Waals surface area contributed by atoms with Gasteiger partial charge >= 0.3 is 30.0 Å². The number of benzene rings is 1. The Hall–Kier alpha value is 0.0534. The average molecular weight is 312 g/mol. The Morgan fingerprint density at radius 2 is 2.29 bits per heavy atom. The molecule has 0 bridgehead atoms. The summed E-state index contributed by atoms with van der Waals surface area (Å²) in [6.45, 7) is 2.64. The maximum absolute atomic E-state index is 12.9. The predicted octanol–water partition coefficient (Wildman–Crippen LogP) is 3.65. The van der Waals surface area contributed by atoms with Gasteiger partial charge in [-0.15, -0.1) is 12.1 Å². The molecule has 0 radical (unpaired) electrons. The molecule has 0 spiro atoms. The maximum atomic E-state index is 12.9. The van der Waals surface area contributed by atoms with E-state index in [-0.39, 0.29) is 5.82 Å². The van der Waals surface area contributed by atoms with Crippen molar-refractivity contribution in [2.45, 2.75) is 19.8 Å². The van der Waals surface area contributed by atoms with Crippen LogP contribution in [0.2, 0.25) is 0 Å². The van der Waals surface area contributed by atoms with Gasteiger partial charge in [0.15, 0.2) is 0 Å². The van der Waals surface area contributed by atoms with Crippen molar-refractivity contribution in [3.63, 3.8) is 0 Å². The fourth-order valence-electron chi connectivity index (χ4n) is 0.833. The zero-order valence-electron chi connectivity index (χ0n) is 8.22. The average Bonchev–Trinajstić information content (AvgIpc) is 2.24. The predicted molar refractivity (Wildman–Crippen MR) is 54.6 cm³/mol. The number of hydrogen-bond donors (Lipinski definition) is 0. The third-order valence-electron chi connectivity index (χ3n) is 1.53. The van der Waals surface area contributed by atoms with Crippen LogP contribution in [0.15, 0.2) is 18.2 Å². The normalized spacial score (nSPS) is 8.93. The molecule has 0 aliphatic heterocycles. The van der Waals surface area contributed by atoms with Crippen molar-refractivity contribution in [2.75, 3.05) is 6.61 Å². The van der Waals surface area contributed by atoms with Crippen LogP contribution in [-0.2, 0) is 16.3 Å². The van der Waals surface area contributed by atoms with Gasteiger partial charge in [0.05, 0.1) is 12.4 Å². The van der Waals surface area contributed by atoms with E-state index in [9.17, 15) is 4.39 Å². The van der Waals surface area contributed by atoms with Crippen molar-refractivity contribution in [3.05, 3.63) is 30.1 Å². The summed E-state index contributed by atoms with van der Waals surface area (Å²) in [6.07, 6.45) is 2.01. The van der Waals surface area contributed by atoms with Crippen LogP contribution >= 0.6 is 13.6 Å². The Morgan fingerprint density at radius 1 is 1.57 bits per heavy atom. The first kappa shape index (κ1) is 14.1. The monoisotopic (exact) mass is 310 g/mol. The number of unbranched alkanes of at least 4 members (excludes halogenated alkanes) is 1. The molecule has 0 N–H and O–H groups in total. The van der Waals surface area contributed by atoms with Gasteiger partial charge in [-0.25, -0.2) is 4.39 Å². The Balaban J connectivity index is 0.000000791. The standard InChI is InChI=1S/C10H12FO.BrH.Zn/c1-2-3-8-12-10-7-5-4-6-9(10)11;;/h4,6-7H,2-3,8H2,1H3;1H;/q-1;;+2/p-1. The van der Waals surface area contributed by atoms with Crippen LogP contribution in [0.1, 0.15) is 19.8 Å². The fraction of sp³-hybridized carbons (Fsp3) is 0.400. The molecule has 0 aliphatic carbocycles. The van der Waals surface area contributed by atoms with E-state index in [1.807, 2.05) is 0 Å². The van der Waals surface area contributed by atoms with Gasteiger partial charge in [-0.3, -0.25) is 0 Å². The second-order valence-corrected chi connectivity index (χ2v) is 2.56. The van der Waals surface area contributed by atoms with Gasteiger partial charge in [0, 0.05) is 5.75 Å². The zero-order chi connectivity index (χ0) is 10.8. The van der Waals surface area contributed by atoms with Gasteiger partial charge < -0.3 is 4.74 Å². The first-order valence-corrected chi connectivity index (χ1v) is 11.3. The number of ether oxygens (including phenoxy) is 1. The summed E-state index contributed by atoms with van der Waals surface area (Å²) >= 11 is 4.25. The molecule has 0 saturated carbocycles. The van der Waals surface area contributed by atoms with E-state index in [2.05, 4.69) is 26.6 Å². The summed E-state index contributed by atoms with van der Waals surface area (Å²) in [5.74, 6) is -0.0178. The zero-order valence-corrected chi connectivity index (χ0v) is 12.8. The molecule has 0 aliphatic rings. The number of halogens is 2. The molecular weight excluding hydrogens is 300 g/mol. The van der Waals surface area contributed by atoms with E-state index in [1.165, 1.54) is 34.5 Å². The van der Waals surface area contributed by atoms with Gasteiger partial charge in [0.2, 0.25) is 0 Å². The Labute approximate surface area is 101 Å². The third-order valence-corrected chi connectivity index (χ3v) is 1.53. The van der Waals surface area contributed by atoms with Crippen LogP contribution < -0.4 is 4.74 Å². The summed E-state index contributed by atoms with van der Waals surface area (Å²) in [5.41, 5.74) is 0. The van der Waals surface area contributed by atoms with Gasteiger partial charge in [0.25, 0.3) is 0 Å². The fourth-order valence-corrected chi connectivity index (χ4v) is 0.833. The van der Waals surface area contributed by atoms with E-state index < -0.39 is 0 Å². The quantitative estimate of drug-likeness (QED) is 0.468. The molecule has 0 aromatic heterocycles. The van der Waals surface area contributed by atoms with Crippen LogP contribution in [0.5, 0.6) is 5.75 Å². The van der Waals surface area contributed by atoms with Crippen molar-refractivity contribution >= 4 is 13.6 Å². The van der Waals surface area contributed by atoms with Crippen molar-refractivity contribution in [3.8, 4) is 5.75 Å². The van der Waals surface area contributed by atoms with Gasteiger partial charge in [0.1, 0.15) is 0 Å². The van der Waals surface area contributed by atoms with E-state index in [1.54, 1.807) is 0 Å². The second kappa shape index (κ2) is 9.60. The molecular formula is C10H12BrFOZn. The summed E-state index contributed by atoms with van der Waals surface area (Å²) < 4.78 is 18.0. The van der Waals surface area contributed by atoms with Crippen LogP contribution in [0.4, 0.5) is 4.39 Å². The molecule has 0 fully saturated rings. The summed E-state index contributed by atoms with van der Waals surface area (Å²) in [7, 11) is 0. The topological polar surface area (TPSA) is 9.23 Å². The van der Waals surface area contributed by atoms with Crippen LogP contribution in [0.25, 0.3) is 0 Å². The van der Waals surface area contributed by atoms with E-state index in [0.29, 0.717) is 12.4 Å². The molecule has 74 valence electrons. The van der Waals surface area contributed by atoms with E-state index in [4.69, 9.17) is 4.74 Å². The van der Waals surface area contributed by atoms with Crippen LogP contribution in [0, 0.1) is 11.9 Å². The molecule has 0 unspecified atom stereocenters. The molecule has 1 aromatic rings. The molecule has 0 amide bonds. The van der Waals surface area contributed by atoms with Crippen LogP contribution in [0.3, 0.4) is 0 Å². The third kappa shape index (κ3) is 5.71. The molecule has 0 atom stereocenters. The molecule has 14 heavy (non-hydrogen) atoms. The van der Waals surface area contributed by atoms with Gasteiger partial charge in [-0.1, -0.05) is 13.3 Å². The van der Waals surface area contributed by atoms with Gasteiger partial charge in [-0.05, 0) is 6.42 Å². The Morgan fingerprint density at radius 3 is 2.86 bits per heavy atom. The molecule has 1 nitrogen and oxygen atoms in total. The van der Waals surface area contributed by atoms with Crippen molar-refractivity contribution < 1.29 is 25.5 Å². The Kier molecular flexibility index (Phi) is 9.64. The molecule has 0 saturated heterocycles. The first-order valence-electron chi connectivity index (χ1n) is 4.39.